The molecule has 2 aromatic rings. The molecule has 22 heavy (non-hydrogen) atoms. The van der Waals surface area contributed by atoms with Crippen LogP contribution in [0.5, 0.6) is 0 Å². The fourth-order valence-corrected chi connectivity index (χ4v) is 4.81. The third kappa shape index (κ3) is 2.90. The number of rotatable bonds is 3. The SMILES string of the molecule is c1ccc(N2CCC[C@]3(CCN(Cc4cccs4)C3)C2)nc1. The molecule has 116 valence electrons. The second kappa shape index (κ2) is 6.01. The lowest BCUT2D eigenvalue weighted by molar-refractivity contribution is 0.217. The zero-order valence-electron chi connectivity index (χ0n) is 12.9. The van der Waals surface area contributed by atoms with Gasteiger partial charge >= 0.3 is 0 Å². The molecule has 0 N–H and O–H groups in total. The third-order valence-electron chi connectivity index (χ3n) is 5.11. The highest BCUT2D eigenvalue weighted by atomic mass is 32.1. The molecule has 0 aliphatic carbocycles. The van der Waals surface area contributed by atoms with Gasteiger partial charge in [-0.05, 0) is 49.4 Å². The molecule has 0 aromatic carbocycles. The summed E-state index contributed by atoms with van der Waals surface area (Å²) in [5.74, 6) is 1.15. The number of anilines is 1. The highest BCUT2D eigenvalue weighted by Gasteiger charge is 2.41. The van der Waals surface area contributed by atoms with E-state index in [0.29, 0.717) is 5.41 Å². The molecule has 2 aliphatic heterocycles. The Labute approximate surface area is 136 Å². The fourth-order valence-electron chi connectivity index (χ4n) is 4.06. The Balaban J connectivity index is 1.43. The topological polar surface area (TPSA) is 19.4 Å². The monoisotopic (exact) mass is 313 g/mol. The highest BCUT2D eigenvalue weighted by molar-refractivity contribution is 7.09. The van der Waals surface area contributed by atoms with Gasteiger partial charge < -0.3 is 4.90 Å². The fraction of sp³-hybridized carbons (Fsp3) is 0.500. The van der Waals surface area contributed by atoms with Crippen LogP contribution < -0.4 is 4.90 Å². The number of nitrogens with zero attached hydrogens (tertiary/aromatic N) is 3. The molecular weight excluding hydrogens is 290 g/mol. The van der Waals surface area contributed by atoms with Gasteiger partial charge in [-0.3, -0.25) is 4.90 Å². The predicted molar refractivity (Wildman–Crippen MR) is 92.3 cm³/mol. The van der Waals surface area contributed by atoms with Gasteiger partial charge in [0.2, 0.25) is 0 Å². The summed E-state index contributed by atoms with van der Waals surface area (Å²) in [5, 5.41) is 2.19. The second-order valence-electron chi connectivity index (χ2n) is 6.75. The maximum absolute atomic E-state index is 4.55. The van der Waals surface area contributed by atoms with Crippen LogP contribution in [0.15, 0.2) is 41.9 Å². The first-order valence-electron chi connectivity index (χ1n) is 8.24. The van der Waals surface area contributed by atoms with E-state index in [9.17, 15) is 0 Å². The summed E-state index contributed by atoms with van der Waals surface area (Å²) >= 11 is 1.88. The van der Waals surface area contributed by atoms with Crippen LogP contribution in [0.2, 0.25) is 0 Å². The quantitative estimate of drug-likeness (QED) is 0.862. The summed E-state index contributed by atoms with van der Waals surface area (Å²) in [7, 11) is 0. The molecule has 2 aromatic heterocycles. The van der Waals surface area contributed by atoms with E-state index >= 15 is 0 Å². The average Bonchev–Trinajstić information content (AvgIpc) is 3.20. The van der Waals surface area contributed by atoms with Crippen molar-refractivity contribution >= 4 is 17.2 Å². The summed E-state index contributed by atoms with van der Waals surface area (Å²) < 4.78 is 0. The van der Waals surface area contributed by atoms with Gasteiger partial charge in [-0.25, -0.2) is 4.98 Å². The molecule has 0 bridgehead atoms. The van der Waals surface area contributed by atoms with E-state index in [-0.39, 0.29) is 0 Å². The van der Waals surface area contributed by atoms with Gasteiger partial charge in [0, 0.05) is 42.7 Å². The van der Waals surface area contributed by atoms with Crippen LogP contribution in [0.25, 0.3) is 0 Å². The van der Waals surface area contributed by atoms with E-state index in [4.69, 9.17) is 0 Å². The molecule has 3 nitrogen and oxygen atoms in total. The van der Waals surface area contributed by atoms with Crippen LogP contribution in [-0.4, -0.2) is 36.1 Å². The lowest BCUT2D eigenvalue weighted by Gasteiger charge is -2.41. The molecule has 1 spiro atoms. The van der Waals surface area contributed by atoms with Gasteiger partial charge in [0.05, 0.1) is 0 Å². The number of likely N-dealkylation sites (tertiary alicyclic amines) is 1. The minimum Gasteiger partial charge on any atom is -0.356 e. The van der Waals surface area contributed by atoms with Gasteiger partial charge in [-0.15, -0.1) is 11.3 Å². The summed E-state index contributed by atoms with van der Waals surface area (Å²) in [6.07, 6.45) is 5.91. The normalized spacial score (nSPS) is 25.9. The smallest absolute Gasteiger partial charge is 0.128 e. The van der Waals surface area contributed by atoms with Crippen LogP contribution in [0.3, 0.4) is 0 Å². The van der Waals surface area contributed by atoms with E-state index in [1.165, 1.54) is 43.8 Å². The van der Waals surface area contributed by atoms with Gasteiger partial charge in [0.15, 0.2) is 0 Å². The van der Waals surface area contributed by atoms with Crippen molar-refractivity contribution in [1.82, 2.24) is 9.88 Å². The number of thiophene rings is 1. The number of pyridine rings is 1. The molecule has 4 rings (SSSR count). The molecule has 4 heterocycles. The van der Waals surface area contributed by atoms with Crippen molar-refractivity contribution < 1.29 is 0 Å². The maximum atomic E-state index is 4.55. The van der Waals surface area contributed by atoms with Crippen molar-refractivity contribution in [1.29, 1.82) is 0 Å². The Hall–Kier alpha value is -1.39. The molecule has 2 saturated heterocycles. The summed E-state index contributed by atoms with van der Waals surface area (Å²) in [5.41, 5.74) is 0.479. The summed E-state index contributed by atoms with van der Waals surface area (Å²) in [4.78, 5) is 11.2. The van der Waals surface area contributed by atoms with Gasteiger partial charge in [0.1, 0.15) is 5.82 Å². The predicted octanol–water partition coefficient (Wildman–Crippen LogP) is 3.64. The summed E-state index contributed by atoms with van der Waals surface area (Å²) in [6, 6.07) is 10.7. The number of aromatic nitrogens is 1. The summed E-state index contributed by atoms with van der Waals surface area (Å²) in [6.45, 7) is 5.94. The van der Waals surface area contributed by atoms with Crippen LogP contribution in [0.4, 0.5) is 5.82 Å². The van der Waals surface area contributed by atoms with Crippen LogP contribution in [0, 0.1) is 5.41 Å². The highest BCUT2D eigenvalue weighted by Crippen LogP contribution is 2.40. The number of hydrogen-bond donors (Lipinski definition) is 0. The molecule has 0 unspecified atom stereocenters. The molecule has 0 amide bonds. The number of piperidine rings is 1. The second-order valence-corrected chi connectivity index (χ2v) is 7.79. The molecule has 2 aliphatic rings. The van der Waals surface area contributed by atoms with Gasteiger partial charge in [-0.2, -0.15) is 0 Å². The van der Waals surface area contributed by atoms with E-state index in [2.05, 4.69) is 44.4 Å². The Morgan fingerprint density at radius 1 is 1.09 bits per heavy atom. The van der Waals surface area contributed by atoms with E-state index in [1.807, 2.05) is 23.6 Å². The Morgan fingerprint density at radius 3 is 2.91 bits per heavy atom. The Kier molecular flexibility index (Phi) is 3.89. The molecule has 2 fully saturated rings. The first-order chi connectivity index (χ1) is 10.8. The first kappa shape index (κ1) is 14.2. The molecule has 0 radical (unpaired) electrons. The van der Waals surface area contributed by atoms with E-state index in [1.54, 1.807) is 0 Å². The van der Waals surface area contributed by atoms with Crippen molar-refractivity contribution in [2.75, 3.05) is 31.1 Å². The van der Waals surface area contributed by atoms with Crippen molar-refractivity contribution in [2.45, 2.75) is 25.8 Å². The Bertz CT molecular complexity index is 598. The molecule has 4 heteroatoms. The van der Waals surface area contributed by atoms with Gasteiger partial charge in [-0.1, -0.05) is 12.1 Å². The largest absolute Gasteiger partial charge is 0.356 e. The van der Waals surface area contributed by atoms with Crippen LogP contribution in [0.1, 0.15) is 24.1 Å². The van der Waals surface area contributed by atoms with Crippen molar-refractivity contribution in [3.8, 4) is 0 Å². The van der Waals surface area contributed by atoms with Crippen LogP contribution in [-0.2, 0) is 6.54 Å². The molecule has 1 atom stereocenters. The zero-order valence-corrected chi connectivity index (χ0v) is 13.8. The average molecular weight is 313 g/mol. The zero-order chi connectivity index (χ0) is 14.8. The lowest BCUT2D eigenvalue weighted by Crippen LogP contribution is -2.45. The molecule has 0 saturated carbocycles. The Morgan fingerprint density at radius 2 is 2.09 bits per heavy atom. The standard InChI is InChI=1S/C18H23N3S/c1-2-9-19-17(6-1)21-10-4-7-18(15-21)8-11-20(14-18)13-16-5-3-12-22-16/h1-3,5-6,9,12H,4,7-8,10-11,13-15H2/t18-/m1/s1. The third-order valence-corrected chi connectivity index (χ3v) is 5.97. The van der Waals surface area contributed by atoms with E-state index < -0.39 is 0 Å². The minimum absolute atomic E-state index is 0.479. The van der Waals surface area contributed by atoms with Crippen molar-refractivity contribution in [3.63, 3.8) is 0 Å². The van der Waals surface area contributed by atoms with Crippen LogP contribution >= 0.6 is 11.3 Å². The van der Waals surface area contributed by atoms with E-state index in [0.717, 1.165) is 18.9 Å². The van der Waals surface area contributed by atoms with Crippen molar-refractivity contribution in [2.24, 2.45) is 5.41 Å². The molecular formula is C18H23N3S. The van der Waals surface area contributed by atoms with Gasteiger partial charge in [0.25, 0.3) is 0 Å². The number of hydrogen-bond acceptors (Lipinski definition) is 4. The lowest BCUT2D eigenvalue weighted by atomic mass is 9.79. The van der Waals surface area contributed by atoms with Crippen molar-refractivity contribution in [3.05, 3.63) is 46.8 Å². The first-order valence-corrected chi connectivity index (χ1v) is 9.12. The minimum atomic E-state index is 0.479. The maximum Gasteiger partial charge on any atom is 0.128 e.